The Morgan fingerprint density at radius 3 is 2.62 bits per heavy atom. The third-order valence-electron chi connectivity index (χ3n) is 4.40. The van der Waals surface area contributed by atoms with Crippen molar-refractivity contribution in [1.82, 2.24) is 15.5 Å². The molecule has 0 fully saturated rings. The summed E-state index contributed by atoms with van der Waals surface area (Å²) < 4.78 is 46.2. The number of alkyl halides is 2. The molecule has 0 saturated carbocycles. The summed E-state index contributed by atoms with van der Waals surface area (Å²) in [6.07, 6.45) is 1.63. The second-order valence-corrected chi connectivity index (χ2v) is 6.49. The molecule has 0 aliphatic carbocycles. The summed E-state index contributed by atoms with van der Waals surface area (Å²) in [7, 11) is 5.53. The van der Waals surface area contributed by atoms with Crippen molar-refractivity contribution < 1.29 is 27.4 Å². The van der Waals surface area contributed by atoms with E-state index < -0.39 is 6.61 Å². The Kier molecular flexibility index (Phi) is 6.76. The van der Waals surface area contributed by atoms with Gasteiger partial charge in [0.15, 0.2) is 17.5 Å². The van der Waals surface area contributed by atoms with Gasteiger partial charge in [-0.2, -0.15) is 8.78 Å². The van der Waals surface area contributed by atoms with Crippen molar-refractivity contribution in [3.63, 3.8) is 0 Å². The van der Waals surface area contributed by atoms with Crippen LogP contribution in [0.3, 0.4) is 0 Å². The van der Waals surface area contributed by atoms with Crippen LogP contribution in [0.4, 0.5) is 8.78 Å². The average Bonchev–Trinajstić information content (AvgIpc) is 3.35. The number of benzene rings is 1. The van der Waals surface area contributed by atoms with Crippen LogP contribution in [0.5, 0.6) is 17.2 Å². The number of nitrogens with one attached hydrogen (secondary N) is 2. The summed E-state index contributed by atoms with van der Waals surface area (Å²) in [6, 6.07) is 6.75. The van der Waals surface area contributed by atoms with E-state index in [1.165, 1.54) is 6.07 Å². The van der Waals surface area contributed by atoms with Crippen LogP contribution in [0, 0.1) is 0 Å². The SMILES string of the molecule is CN=C(NCc1cc2c(cc1OC(F)F)OCO2)NCC(c1ccco1)N(C)C. The van der Waals surface area contributed by atoms with E-state index in [0.717, 1.165) is 5.76 Å². The van der Waals surface area contributed by atoms with Crippen molar-refractivity contribution in [2.75, 3.05) is 34.5 Å². The molecule has 1 aliphatic rings. The largest absolute Gasteiger partial charge is 0.468 e. The standard InChI is InChI=1S/C19H24F2N4O4/c1-22-19(24-10-13(25(2)3)14-5-4-6-26-14)23-9-12-7-16-17(28-11-27-16)8-15(12)29-18(20)21/h4-8,13,18H,9-11H2,1-3H3,(H2,22,23,24). The Balaban J connectivity index is 1.65. The summed E-state index contributed by atoms with van der Waals surface area (Å²) in [5.41, 5.74) is 0.493. The molecule has 0 radical (unpaired) electrons. The number of nitrogens with zero attached hydrogens (tertiary/aromatic N) is 2. The number of guanidine groups is 1. The Labute approximate surface area is 167 Å². The van der Waals surface area contributed by atoms with Gasteiger partial charge in [0, 0.05) is 31.8 Å². The van der Waals surface area contributed by atoms with Gasteiger partial charge in [-0.3, -0.25) is 9.89 Å². The highest BCUT2D eigenvalue weighted by Gasteiger charge is 2.21. The minimum atomic E-state index is -2.94. The number of hydrogen-bond acceptors (Lipinski definition) is 6. The van der Waals surface area contributed by atoms with E-state index in [1.807, 2.05) is 31.1 Å². The van der Waals surface area contributed by atoms with Crippen LogP contribution in [-0.4, -0.2) is 52.0 Å². The molecule has 0 bridgehead atoms. The van der Waals surface area contributed by atoms with Gasteiger partial charge >= 0.3 is 6.61 Å². The zero-order valence-electron chi connectivity index (χ0n) is 16.4. The number of ether oxygens (including phenoxy) is 3. The van der Waals surface area contributed by atoms with Crippen molar-refractivity contribution in [1.29, 1.82) is 0 Å². The van der Waals surface area contributed by atoms with Gasteiger partial charge in [-0.05, 0) is 32.3 Å². The third-order valence-corrected chi connectivity index (χ3v) is 4.40. The number of fused-ring (bicyclic) bond motifs is 1. The maximum Gasteiger partial charge on any atom is 0.387 e. The smallest absolute Gasteiger partial charge is 0.387 e. The zero-order chi connectivity index (χ0) is 20.8. The van der Waals surface area contributed by atoms with Crippen molar-refractivity contribution in [2.45, 2.75) is 19.2 Å². The van der Waals surface area contributed by atoms with E-state index in [1.54, 1.807) is 19.4 Å². The van der Waals surface area contributed by atoms with E-state index in [0.29, 0.717) is 29.6 Å². The third kappa shape index (κ3) is 5.29. The Bertz CT molecular complexity index is 828. The summed E-state index contributed by atoms with van der Waals surface area (Å²) >= 11 is 0. The fourth-order valence-electron chi connectivity index (χ4n) is 2.92. The van der Waals surface area contributed by atoms with E-state index in [4.69, 9.17) is 13.9 Å². The molecule has 158 valence electrons. The van der Waals surface area contributed by atoms with Crippen LogP contribution in [0.25, 0.3) is 0 Å². The number of likely N-dealkylation sites (N-methyl/N-ethyl adjacent to an activating group) is 1. The first-order valence-corrected chi connectivity index (χ1v) is 8.99. The lowest BCUT2D eigenvalue weighted by Gasteiger charge is -2.24. The number of aliphatic imine (C=N–C) groups is 1. The lowest BCUT2D eigenvalue weighted by Crippen LogP contribution is -2.41. The fraction of sp³-hybridized carbons (Fsp3) is 0.421. The molecule has 2 N–H and O–H groups in total. The van der Waals surface area contributed by atoms with Crippen LogP contribution in [0.2, 0.25) is 0 Å². The van der Waals surface area contributed by atoms with Gasteiger partial charge in [0.1, 0.15) is 11.5 Å². The number of halogens is 2. The molecule has 8 nitrogen and oxygen atoms in total. The van der Waals surface area contributed by atoms with E-state index in [2.05, 4.69) is 20.4 Å². The first-order chi connectivity index (χ1) is 14.0. The highest BCUT2D eigenvalue weighted by atomic mass is 19.3. The van der Waals surface area contributed by atoms with Gasteiger partial charge in [-0.15, -0.1) is 0 Å². The van der Waals surface area contributed by atoms with Gasteiger partial charge in [0.05, 0.1) is 12.3 Å². The summed E-state index contributed by atoms with van der Waals surface area (Å²) in [4.78, 5) is 6.20. The summed E-state index contributed by atoms with van der Waals surface area (Å²) in [5.74, 6) is 2.20. The van der Waals surface area contributed by atoms with Gasteiger partial charge < -0.3 is 29.3 Å². The topological polar surface area (TPSA) is 80.5 Å². The van der Waals surface area contributed by atoms with Gasteiger partial charge in [-0.1, -0.05) is 0 Å². The molecule has 2 heterocycles. The summed E-state index contributed by atoms with van der Waals surface area (Å²) in [6.45, 7) is -2.17. The Morgan fingerprint density at radius 1 is 1.24 bits per heavy atom. The molecule has 1 aromatic carbocycles. The van der Waals surface area contributed by atoms with Gasteiger partial charge in [-0.25, -0.2) is 0 Å². The predicted octanol–water partition coefficient (Wildman–Crippen LogP) is 2.58. The molecule has 0 amide bonds. The van der Waals surface area contributed by atoms with Crippen LogP contribution >= 0.6 is 0 Å². The Morgan fingerprint density at radius 2 is 2.00 bits per heavy atom. The molecule has 1 atom stereocenters. The zero-order valence-corrected chi connectivity index (χ0v) is 16.4. The van der Waals surface area contributed by atoms with Crippen molar-refractivity contribution in [3.8, 4) is 17.2 Å². The molecular weight excluding hydrogens is 386 g/mol. The maximum absolute atomic E-state index is 12.8. The van der Waals surface area contributed by atoms with Crippen LogP contribution in [-0.2, 0) is 6.54 Å². The van der Waals surface area contributed by atoms with Crippen LogP contribution < -0.4 is 24.8 Å². The molecule has 1 aliphatic heterocycles. The van der Waals surface area contributed by atoms with Crippen molar-refractivity contribution in [3.05, 3.63) is 41.9 Å². The second kappa shape index (κ2) is 9.46. The molecule has 0 spiro atoms. The van der Waals surface area contributed by atoms with Crippen LogP contribution in [0.1, 0.15) is 17.4 Å². The number of hydrogen-bond donors (Lipinski definition) is 2. The number of furan rings is 1. The van der Waals surface area contributed by atoms with E-state index >= 15 is 0 Å². The van der Waals surface area contributed by atoms with E-state index in [9.17, 15) is 8.78 Å². The second-order valence-electron chi connectivity index (χ2n) is 6.49. The number of rotatable bonds is 8. The fourth-order valence-corrected chi connectivity index (χ4v) is 2.92. The van der Waals surface area contributed by atoms with Gasteiger partial charge in [0.2, 0.25) is 6.79 Å². The first-order valence-electron chi connectivity index (χ1n) is 8.99. The molecule has 10 heteroatoms. The van der Waals surface area contributed by atoms with E-state index in [-0.39, 0.29) is 25.1 Å². The minimum absolute atomic E-state index is 0.00757. The molecule has 2 aromatic rings. The quantitative estimate of drug-likeness (QED) is 0.511. The molecule has 0 saturated heterocycles. The molecule has 29 heavy (non-hydrogen) atoms. The van der Waals surface area contributed by atoms with Crippen LogP contribution in [0.15, 0.2) is 39.9 Å². The first kappa shape index (κ1) is 20.7. The monoisotopic (exact) mass is 410 g/mol. The predicted molar refractivity (Wildman–Crippen MR) is 103 cm³/mol. The summed E-state index contributed by atoms with van der Waals surface area (Å²) in [5, 5.41) is 6.31. The van der Waals surface area contributed by atoms with Gasteiger partial charge in [0.25, 0.3) is 0 Å². The molecule has 1 aromatic heterocycles. The Hall–Kier alpha value is -3.01. The molecule has 3 rings (SSSR count). The van der Waals surface area contributed by atoms with Crippen molar-refractivity contribution >= 4 is 5.96 Å². The molecular formula is C19H24F2N4O4. The lowest BCUT2D eigenvalue weighted by atomic mass is 10.1. The normalized spacial score (nSPS) is 14.4. The minimum Gasteiger partial charge on any atom is -0.468 e. The highest BCUT2D eigenvalue weighted by molar-refractivity contribution is 5.79. The maximum atomic E-state index is 12.8. The lowest BCUT2D eigenvalue weighted by molar-refractivity contribution is -0.0505. The highest BCUT2D eigenvalue weighted by Crippen LogP contribution is 2.38. The average molecular weight is 410 g/mol. The van der Waals surface area contributed by atoms with Crippen molar-refractivity contribution in [2.24, 2.45) is 4.99 Å². The molecule has 1 unspecified atom stereocenters.